The van der Waals surface area contributed by atoms with Crippen molar-refractivity contribution < 1.29 is 0 Å². The molecule has 0 saturated heterocycles. The molecule has 0 saturated carbocycles. The molecule has 0 unspecified atom stereocenters. The molecule has 140 valence electrons. The molecule has 0 bridgehead atoms. The molecule has 0 spiro atoms. The molecule has 30 heavy (non-hydrogen) atoms. The Balaban J connectivity index is 1.48. The Kier molecular flexibility index (Phi) is 6.22. The lowest BCUT2D eigenvalue weighted by Gasteiger charge is -2.01. The average Bonchev–Trinajstić information content (AvgIpc) is 2.81. The predicted octanol–water partition coefficient (Wildman–Crippen LogP) is 6.97. The first-order chi connectivity index (χ1) is 14.9. The Labute approximate surface area is 178 Å². The van der Waals surface area contributed by atoms with E-state index in [-0.39, 0.29) is 0 Å². The summed E-state index contributed by atoms with van der Waals surface area (Å²) in [5, 5.41) is 2.42. The quantitative estimate of drug-likeness (QED) is 0.329. The van der Waals surface area contributed by atoms with Gasteiger partial charge in [0.15, 0.2) is 0 Å². The van der Waals surface area contributed by atoms with Crippen LogP contribution in [0.15, 0.2) is 109 Å². The molecule has 0 heteroatoms. The van der Waals surface area contributed by atoms with Gasteiger partial charge in [0.05, 0.1) is 0 Å². The molecule has 0 atom stereocenters. The molecule has 0 aliphatic heterocycles. The van der Waals surface area contributed by atoms with Crippen LogP contribution < -0.4 is 0 Å². The van der Waals surface area contributed by atoms with Crippen molar-refractivity contribution in [3.05, 3.63) is 131 Å². The highest BCUT2D eigenvalue weighted by atomic mass is 14.0. The molecule has 4 aromatic rings. The van der Waals surface area contributed by atoms with Gasteiger partial charge in [-0.2, -0.15) is 0 Å². The SMILES string of the molecule is C(#Cc1ccccc1)/C=C\c1ccc2ccc(/C=C/C#Cc3ccccc3)cc2c1. The highest BCUT2D eigenvalue weighted by Gasteiger charge is 1.96. The second-order valence-electron chi connectivity index (χ2n) is 6.80. The Bertz CT molecular complexity index is 1210. The van der Waals surface area contributed by atoms with Crippen molar-refractivity contribution >= 4 is 22.9 Å². The fraction of sp³-hybridized carbons (Fsp3) is 0. The van der Waals surface area contributed by atoms with Gasteiger partial charge in [0.25, 0.3) is 0 Å². The van der Waals surface area contributed by atoms with Crippen LogP contribution in [0.25, 0.3) is 22.9 Å². The minimum absolute atomic E-state index is 1.02. The lowest BCUT2D eigenvalue weighted by molar-refractivity contribution is 1.65. The van der Waals surface area contributed by atoms with Crippen molar-refractivity contribution in [2.75, 3.05) is 0 Å². The molecule has 0 amide bonds. The Hall–Kier alpha value is -4.26. The fourth-order valence-electron chi connectivity index (χ4n) is 3.06. The van der Waals surface area contributed by atoms with Crippen LogP contribution in [0.4, 0.5) is 0 Å². The van der Waals surface area contributed by atoms with Crippen molar-refractivity contribution in [1.29, 1.82) is 0 Å². The molecule has 0 nitrogen and oxygen atoms in total. The highest BCUT2D eigenvalue weighted by Crippen LogP contribution is 2.19. The van der Waals surface area contributed by atoms with E-state index in [1.54, 1.807) is 0 Å². The normalized spacial score (nSPS) is 10.5. The fourth-order valence-corrected chi connectivity index (χ4v) is 3.06. The second kappa shape index (κ2) is 9.79. The van der Waals surface area contributed by atoms with E-state index in [2.05, 4.69) is 60.1 Å². The zero-order chi connectivity index (χ0) is 20.4. The lowest BCUT2D eigenvalue weighted by Crippen LogP contribution is -1.78. The summed E-state index contributed by atoms with van der Waals surface area (Å²) in [7, 11) is 0. The second-order valence-corrected chi connectivity index (χ2v) is 6.80. The van der Waals surface area contributed by atoms with Crippen molar-refractivity contribution in [2.24, 2.45) is 0 Å². The third-order valence-electron chi connectivity index (χ3n) is 4.59. The minimum atomic E-state index is 1.02. The number of hydrogen-bond acceptors (Lipinski definition) is 0. The van der Waals surface area contributed by atoms with Crippen molar-refractivity contribution in [2.45, 2.75) is 0 Å². The van der Waals surface area contributed by atoms with Gasteiger partial charge in [-0.1, -0.05) is 84.3 Å². The van der Waals surface area contributed by atoms with E-state index in [1.165, 1.54) is 10.8 Å². The predicted molar refractivity (Wildman–Crippen MR) is 129 cm³/mol. The molecule has 0 fully saturated rings. The monoisotopic (exact) mass is 380 g/mol. The van der Waals surface area contributed by atoms with E-state index in [1.807, 2.05) is 85.0 Å². The van der Waals surface area contributed by atoms with Crippen molar-refractivity contribution in [1.82, 2.24) is 0 Å². The molecular weight excluding hydrogens is 360 g/mol. The molecule has 0 aliphatic rings. The molecule has 0 aromatic heterocycles. The topological polar surface area (TPSA) is 0 Å². The summed E-state index contributed by atoms with van der Waals surface area (Å²) < 4.78 is 0. The standard InChI is InChI=1S/C30H20/c1-3-11-25(12-4-1)15-7-9-17-27-19-21-29-22-20-28(24-30(29)23-27)18-10-8-16-26-13-5-2-6-14-26/h1-6,9-14,17-24H/b17-9-,18-10+. The van der Waals surface area contributed by atoms with Gasteiger partial charge < -0.3 is 0 Å². The molecule has 0 N–H and O–H groups in total. The number of benzene rings is 4. The summed E-state index contributed by atoms with van der Waals surface area (Å²) in [6.45, 7) is 0. The molecule has 0 radical (unpaired) electrons. The number of hydrogen-bond donors (Lipinski definition) is 0. The van der Waals surface area contributed by atoms with Crippen molar-refractivity contribution in [3.8, 4) is 23.7 Å². The third kappa shape index (κ3) is 5.39. The van der Waals surface area contributed by atoms with Gasteiger partial charge in [-0.3, -0.25) is 0 Å². The Morgan fingerprint density at radius 3 is 1.40 bits per heavy atom. The van der Waals surface area contributed by atoms with E-state index in [0.29, 0.717) is 0 Å². The van der Waals surface area contributed by atoms with Gasteiger partial charge in [0.2, 0.25) is 0 Å². The van der Waals surface area contributed by atoms with Crippen LogP contribution in [0.1, 0.15) is 22.3 Å². The molecule has 4 rings (SSSR count). The summed E-state index contributed by atoms with van der Waals surface area (Å²) in [4.78, 5) is 0. The number of allylic oxidation sites excluding steroid dienone is 2. The van der Waals surface area contributed by atoms with Gasteiger partial charge >= 0.3 is 0 Å². The largest absolute Gasteiger partial charge is 0.0696 e. The van der Waals surface area contributed by atoms with Crippen LogP contribution in [0.5, 0.6) is 0 Å². The van der Waals surface area contributed by atoms with Crippen LogP contribution in [0.2, 0.25) is 0 Å². The van der Waals surface area contributed by atoms with Gasteiger partial charge in [0.1, 0.15) is 0 Å². The van der Waals surface area contributed by atoms with Crippen LogP contribution in [0.3, 0.4) is 0 Å². The van der Waals surface area contributed by atoms with Gasteiger partial charge in [-0.15, -0.1) is 0 Å². The first-order valence-electron chi connectivity index (χ1n) is 9.87. The Morgan fingerprint density at radius 1 is 0.467 bits per heavy atom. The van der Waals surface area contributed by atoms with Gasteiger partial charge in [-0.05, 0) is 82.6 Å². The van der Waals surface area contributed by atoms with Crippen LogP contribution in [-0.4, -0.2) is 0 Å². The zero-order valence-corrected chi connectivity index (χ0v) is 16.5. The maximum atomic E-state index is 3.14. The molecule has 4 aromatic carbocycles. The van der Waals surface area contributed by atoms with E-state index < -0.39 is 0 Å². The molecule has 0 heterocycles. The summed E-state index contributed by atoms with van der Waals surface area (Å²) >= 11 is 0. The minimum Gasteiger partial charge on any atom is -0.0696 e. The zero-order valence-electron chi connectivity index (χ0n) is 16.5. The average molecular weight is 380 g/mol. The van der Waals surface area contributed by atoms with Crippen LogP contribution in [0, 0.1) is 23.7 Å². The summed E-state index contributed by atoms with van der Waals surface area (Å²) in [5.74, 6) is 12.5. The maximum absolute atomic E-state index is 3.14. The Morgan fingerprint density at radius 2 is 0.933 bits per heavy atom. The number of fused-ring (bicyclic) bond motifs is 1. The van der Waals surface area contributed by atoms with Crippen LogP contribution in [-0.2, 0) is 0 Å². The van der Waals surface area contributed by atoms with Gasteiger partial charge in [-0.25, -0.2) is 0 Å². The van der Waals surface area contributed by atoms with E-state index in [0.717, 1.165) is 22.3 Å². The molecule has 0 aliphatic carbocycles. The first kappa shape index (κ1) is 19.1. The smallest absolute Gasteiger partial charge is 0.0248 e. The van der Waals surface area contributed by atoms with Gasteiger partial charge in [0, 0.05) is 11.1 Å². The lowest BCUT2D eigenvalue weighted by atomic mass is 10.0. The number of rotatable bonds is 2. The van der Waals surface area contributed by atoms with E-state index in [4.69, 9.17) is 0 Å². The summed E-state index contributed by atoms with van der Waals surface area (Å²) in [6.07, 6.45) is 7.89. The van der Waals surface area contributed by atoms with E-state index in [9.17, 15) is 0 Å². The summed E-state index contributed by atoms with van der Waals surface area (Å²) in [6, 6.07) is 32.9. The van der Waals surface area contributed by atoms with Crippen molar-refractivity contribution in [3.63, 3.8) is 0 Å². The summed E-state index contributed by atoms with van der Waals surface area (Å²) in [5.41, 5.74) is 4.31. The maximum Gasteiger partial charge on any atom is 0.0248 e. The highest BCUT2D eigenvalue weighted by molar-refractivity contribution is 5.87. The molecular formula is C30H20. The third-order valence-corrected chi connectivity index (χ3v) is 4.59. The van der Waals surface area contributed by atoms with E-state index >= 15 is 0 Å². The van der Waals surface area contributed by atoms with Crippen LogP contribution >= 0.6 is 0 Å². The first-order valence-corrected chi connectivity index (χ1v) is 9.87.